The predicted molar refractivity (Wildman–Crippen MR) is 68.3 cm³/mol. The van der Waals surface area contributed by atoms with Gasteiger partial charge in [0.15, 0.2) is 0 Å². The van der Waals surface area contributed by atoms with Crippen LogP contribution in [0.1, 0.15) is 38.4 Å². The van der Waals surface area contributed by atoms with E-state index in [2.05, 4.69) is 28.5 Å². The highest BCUT2D eigenvalue weighted by Crippen LogP contribution is 2.17. The standard InChI is InChI=1S/C11H18N4OS/c1-8(2)10-13-11(17-14-10)12-7-9(16)15-5-3-4-6-15/h8H,3-7H2,1-2H3,(H,12,13,14). The van der Waals surface area contributed by atoms with E-state index in [0.717, 1.165) is 36.9 Å². The van der Waals surface area contributed by atoms with Crippen molar-refractivity contribution in [3.8, 4) is 0 Å². The van der Waals surface area contributed by atoms with Crippen molar-refractivity contribution in [1.82, 2.24) is 14.3 Å². The van der Waals surface area contributed by atoms with Gasteiger partial charge in [-0.05, 0) is 12.8 Å². The number of carbonyl (C=O) groups is 1. The lowest BCUT2D eigenvalue weighted by Crippen LogP contribution is -2.32. The van der Waals surface area contributed by atoms with E-state index in [4.69, 9.17) is 0 Å². The first kappa shape index (κ1) is 12.3. The van der Waals surface area contributed by atoms with Crippen molar-refractivity contribution < 1.29 is 4.79 Å². The lowest BCUT2D eigenvalue weighted by molar-refractivity contribution is -0.128. The van der Waals surface area contributed by atoms with E-state index in [0.29, 0.717) is 12.5 Å². The average molecular weight is 254 g/mol. The van der Waals surface area contributed by atoms with E-state index in [1.165, 1.54) is 11.5 Å². The van der Waals surface area contributed by atoms with Gasteiger partial charge < -0.3 is 10.2 Å². The monoisotopic (exact) mass is 254 g/mol. The van der Waals surface area contributed by atoms with Crippen molar-refractivity contribution in [3.63, 3.8) is 0 Å². The molecule has 0 radical (unpaired) electrons. The molecule has 17 heavy (non-hydrogen) atoms. The molecule has 0 saturated carbocycles. The van der Waals surface area contributed by atoms with E-state index < -0.39 is 0 Å². The minimum atomic E-state index is 0.156. The molecule has 0 atom stereocenters. The van der Waals surface area contributed by atoms with Gasteiger partial charge in [-0.2, -0.15) is 4.37 Å². The van der Waals surface area contributed by atoms with Crippen molar-refractivity contribution in [2.24, 2.45) is 0 Å². The Balaban J connectivity index is 1.82. The lowest BCUT2D eigenvalue weighted by Gasteiger charge is -2.14. The molecular formula is C11H18N4OS. The molecule has 0 aliphatic carbocycles. The van der Waals surface area contributed by atoms with E-state index in [1.54, 1.807) is 0 Å². The Morgan fingerprint density at radius 2 is 2.18 bits per heavy atom. The van der Waals surface area contributed by atoms with Crippen LogP contribution in [0.3, 0.4) is 0 Å². The molecule has 5 nitrogen and oxygen atoms in total. The zero-order valence-electron chi connectivity index (χ0n) is 10.3. The molecule has 1 saturated heterocycles. The molecule has 1 aromatic rings. The fourth-order valence-electron chi connectivity index (χ4n) is 1.77. The molecule has 1 aromatic heterocycles. The molecule has 1 aliphatic heterocycles. The summed E-state index contributed by atoms with van der Waals surface area (Å²) < 4.78 is 4.23. The normalized spacial score (nSPS) is 15.6. The summed E-state index contributed by atoms with van der Waals surface area (Å²) in [7, 11) is 0. The molecule has 1 aliphatic rings. The Kier molecular flexibility index (Phi) is 3.93. The van der Waals surface area contributed by atoms with Crippen LogP contribution in [0.25, 0.3) is 0 Å². The van der Waals surface area contributed by atoms with E-state index >= 15 is 0 Å². The maximum absolute atomic E-state index is 11.8. The summed E-state index contributed by atoms with van der Waals surface area (Å²) in [6, 6.07) is 0. The fourth-order valence-corrected chi connectivity index (χ4v) is 2.47. The van der Waals surface area contributed by atoms with Gasteiger partial charge in [0.1, 0.15) is 5.82 Å². The first-order chi connectivity index (χ1) is 8.16. The minimum Gasteiger partial charge on any atom is -0.351 e. The number of nitrogens with one attached hydrogen (secondary N) is 1. The summed E-state index contributed by atoms with van der Waals surface area (Å²) in [5.74, 6) is 1.33. The number of carbonyl (C=O) groups excluding carboxylic acids is 1. The number of aromatic nitrogens is 2. The summed E-state index contributed by atoms with van der Waals surface area (Å²) >= 11 is 1.32. The number of anilines is 1. The van der Waals surface area contributed by atoms with Gasteiger partial charge in [0.05, 0.1) is 6.54 Å². The van der Waals surface area contributed by atoms with Crippen LogP contribution in [-0.2, 0) is 4.79 Å². The second-order valence-electron chi connectivity index (χ2n) is 4.55. The highest BCUT2D eigenvalue weighted by Gasteiger charge is 2.17. The molecule has 2 rings (SSSR count). The van der Waals surface area contributed by atoms with Crippen LogP contribution in [0.4, 0.5) is 5.13 Å². The molecule has 1 amide bonds. The van der Waals surface area contributed by atoms with Crippen molar-refractivity contribution in [2.75, 3.05) is 25.0 Å². The summed E-state index contributed by atoms with van der Waals surface area (Å²) in [5, 5.41) is 3.79. The quantitative estimate of drug-likeness (QED) is 0.888. The number of hydrogen-bond acceptors (Lipinski definition) is 5. The molecule has 0 unspecified atom stereocenters. The summed E-state index contributed by atoms with van der Waals surface area (Å²) in [6.45, 7) is 6.23. The summed E-state index contributed by atoms with van der Waals surface area (Å²) in [5.41, 5.74) is 0. The van der Waals surface area contributed by atoms with Crippen LogP contribution in [0.2, 0.25) is 0 Å². The average Bonchev–Trinajstić information content (AvgIpc) is 2.97. The minimum absolute atomic E-state index is 0.156. The van der Waals surface area contributed by atoms with Crippen LogP contribution in [0, 0.1) is 0 Å². The Bertz CT molecular complexity index is 385. The Labute approximate surface area is 105 Å². The third kappa shape index (κ3) is 3.15. The van der Waals surface area contributed by atoms with E-state index in [9.17, 15) is 4.79 Å². The maximum Gasteiger partial charge on any atom is 0.241 e. The highest BCUT2D eigenvalue weighted by atomic mass is 32.1. The number of amides is 1. The van der Waals surface area contributed by atoms with E-state index in [1.807, 2.05) is 4.90 Å². The van der Waals surface area contributed by atoms with Gasteiger partial charge in [-0.3, -0.25) is 4.79 Å². The molecule has 1 N–H and O–H groups in total. The molecule has 1 fully saturated rings. The summed E-state index contributed by atoms with van der Waals surface area (Å²) in [6.07, 6.45) is 2.25. The predicted octanol–water partition coefficient (Wildman–Crippen LogP) is 1.70. The second kappa shape index (κ2) is 5.44. The topological polar surface area (TPSA) is 58.1 Å². The van der Waals surface area contributed by atoms with Gasteiger partial charge in [0.25, 0.3) is 0 Å². The van der Waals surface area contributed by atoms with Crippen LogP contribution in [0.15, 0.2) is 0 Å². The molecule has 6 heteroatoms. The number of nitrogens with zero attached hydrogens (tertiary/aromatic N) is 3. The van der Waals surface area contributed by atoms with Crippen molar-refractivity contribution >= 4 is 22.6 Å². The van der Waals surface area contributed by atoms with Crippen LogP contribution < -0.4 is 5.32 Å². The van der Waals surface area contributed by atoms with Gasteiger partial charge in [0, 0.05) is 30.5 Å². The second-order valence-corrected chi connectivity index (χ2v) is 5.31. The smallest absolute Gasteiger partial charge is 0.241 e. The summed E-state index contributed by atoms with van der Waals surface area (Å²) in [4.78, 5) is 18.0. The third-order valence-corrected chi connectivity index (χ3v) is 3.49. The zero-order chi connectivity index (χ0) is 12.3. The van der Waals surface area contributed by atoms with Crippen LogP contribution in [0.5, 0.6) is 0 Å². The molecule has 0 bridgehead atoms. The van der Waals surface area contributed by atoms with Gasteiger partial charge in [0.2, 0.25) is 11.0 Å². The first-order valence-electron chi connectivity index (χ1n) is 6.02. The fraction of sp³-hybridized carbons (Fsp3) is 0.727. The van der Waals surface area contributed by atoms with E-state index in [-0.39, 0.29) is 5.91 Å². The Hall–Kier alpha value is -1.17. The Morgan fingerprint density at radius 1 is 1.47 bits per heavy atom. The number of hydrogen-bond donors (Lipinski definition) is 1. The highest BCUT2D eigenvalue weighted by molar-refractivity contribution is 7.09. The SMILES string of the molecule is CC(C)c1nsc(NCC(=O)N2CCCC2)n1. The third-order valence-electron chi connectivity index (χ3n) is 2.81. The van der Waals surface area contributed by atoms with Crippen molar-refractivity contribution in [2.45, 2.75) is 32.6 Å². The molecular weight excluding hydrogens is 236 g/mol. The molecule has 94 valence electrons. The molecule has 0 spiro atoms. The molecule has 2 heterocycles. The van der Waals surface area contributed by atoms with Crippen LogP contribution in [-0.4, -0.2) is 39.8 Å². The van der Waals surface area contributed by atoms with Crippen LogP contribution >= 0.6 is 11.5 Å². The van der Waals surface area contributed by atoms with Gasteiger partial charge in [-0.15, -0.1) is 0 Å². The van der Waals surface area contributed by atoms with Gasteiger partial charge in [-0.1, -0.05) is 13.8 Å². The number of likely N-dealkylation sites (tertiary alicyclic amines) is 1. The number of rotatable bonds is 4. The van der Waals surface area contributed by atoms with Gasteiger partial charge >= 0.3 is 0 Å². The van der Waals surface area contributed by atoms with Gasteiger partial charge in [-0.25, -0.2) is 4.98 Å². The largest absolute Gasteiger partial charge is 0.351 e. The Morgan fingerprint density at radius 3 is 2.76 bits per heavy atom. The lowest BCUT2D eigenvalue weighted by atomic mass is 10.2. The molecule has 0 aromatic carbocycles. The van der Waals surface area contributed by atoms with Crippen molar-refractivity contribution in [1.29, 1.82) is 0 Å². The zero-order valence-corrected chi connectivity index (χ0v) is 11.1. The first-order valence-corrected chi connectivity index (χ1v) is 6.79. The van der Waals surface area contributed by atoms with Crippen molar-refractivity contribution in [3.05, 3.63) is 5.82 Å². The maximum atomic E-state index is 11.8.